The number of benzene rings is 1. The molecule has 17 heavy (non-hydrogen) atoms. The van der Waals surface area contributed by atoms with Gasteiger partial charge < -0.3 is 10.6 Å². The lowest BCUT2D eigenvalue weighted by Crippen LogP contribution is -2.25. The number of hydrogen-bond donors (Lipinski definition) is 1. The molecule has 0 saturated heterocycles. The van der Waals surface area contributed by atoms with E-state index in [4.69, 9.17) is 5.73 Å². The summed E-state index contributed by atoms with van der Waals surface area (Å²) in [4.78, 5) is 2.05. The summed E-state index contributed by atoms with van der Waals surface area (Å²) in [5.41, 5.74) is 7.60. The third kappa shape index (κ3) is 3.43. The fraction of sp³-hybridized carbons (Fsp3) is 0.286. The molecule has 0 heterocycles. The highest BCUT2D eigenvalue weighted by Crippen LogP contribution is 2.26. The zero-order valence-corrected chi connectivity index (χ0v) is 10.2. The Morgan fingerprint density at radius 2 is 1.94 bits per heavy atom. The third-order valence-electron chi connectivity index (χ3n) is 2.52. The first-order valence-corrected chi connectivity index (χ1v) is 5.62. The van der Waals surface area contributed by atoms with Crippen LogP contribution in [0, 0.1) is 5.82 Å². The first-order chi connectivity index (χ1) is 8.10. The molecular weight excluding hydrogens is 215 g/mol. The molecule has 0 unspecified atom stereocenters. The highest BCUT2D eigenvalue weighted by atomic mass is 19.1. The Bertz CT molecular complexity index is 389. The molecular formula is C14H19FN2. The summed E-state index contributed by atoms with van der Waals surface area (Å²) in [6.45, 7) is 10.6. The molecule has 2 nitrogen and oxygen atoms in total. The van der Waals surface area contributed by atoms with E-state index in [9.17, 15) is 4.39 Å². The van der Waals surface area contributed by atoms with Crippen LogP contribution in [-0.2, 0) is 0 Å². The third-order valence-corrected chi connectivity index (χ3v) is 2.52. The van der Waals surface area contributed by atoms with E-state index < -0.39 is 0 Å². The van der Waals surface area contributed by atoms with Crippen molar-refractivity contribution in [2.45, 2.75) is 13.0 Å². The van der Waals surface area contributed by atoms with Crippen molar-refractivity contribution in [2.24, 2.45) is 5.73 Å². The molecule has 0 aliphatic heterocycles. The van der Waals surface area contributed by atoms with Gasteiger partial charge in [0.2, 0.25) is 0 Å². The lowest BCUT2D eigenvalue weighted by atomic mass is 10.1. The molecule has 0 aliphatic rings. The molecule has 0 aromatic heterocycles. The molecule has 2 N–H and O–H groups in total. The van der Waals surface area contributed by atoms with Crippen LogP contribution >= 0.6 is 0 Å². The molecule has 0 amide bonds. The maximum absolute atomic E-state index is 13.2. The molecule has 1 aromatic rings. The summed E-state index contributed by atoms with van der Waals surface area (Å²) in [7, 11) is 0. The summed E-state index contributed by atoms with van der Waals surface area (Å²) < 4.78 is 13.2. The topological polar surface area (TPSA) is 29.3 Å². The minimum Gasteiger partial charge on any atom is -0.364 e. The summed E-state index contributed by atoms with van der Waals surface area (Å²) in [5, 5.41) is 0. The number of rotatable bonds is 6. The first-order valence-electron chi connectivity index (χ1n) is 5.62. The molecule has 92 valence electrons. The Balaban J connectivity index is 3.16. The molecule has 0 saturated carbocycles. The molecule has 1 rings (SSSR count). The number of halogens is 1. The Labute approximate surface area is 102 Å². The van der Waals surface area contributed by atoms with Crippen molar-refractivity contribution in [3.05, 3.63) is 54.9 Å². The van der Waals surface area contributed by atoms with Crippen LogP contribution in [0.1, 0.15) is 18.5 Å². The molecule has 0 radical (unpaired) electrons. The quantitative estimate of drug-likeness (QED) is 0.767. The average molecular weight is 234 g/mol. The average Bonchev–Trinajstić information content (AvgIpc) is 2.28. The Morgan fingerprint density at radius 1 is 1.35 bits per heavy atom. The van der Waals surface area contributed by atoms with Crippen LogP contribution in [-0.4, -0.2) is 13.1 Å². The van der Waals surface area contributed by atoms with E-state index in [0.717, 1.165) is 11.3 Å². The van der Waals surface area contributed by atoms with Crippen LogP contribution in [0.4, 0.5) is 10.1 Å². The largest absolute Gasteiger partial charge is 0.364 e. The zero-order chi connectivity index (χ0) is 12.8. The van der Waals surface area contributed by atoms with Gasteiger partial charge in [-0.1, -0.05) is 12.2 Å². The summed E-state index contributed by atoms with van der Waals surface area (Å²) >= 11 is 0. The van der Waals surface area contributed by atoms with E-state index in [2.05, 4.69) is 18.1 Å². The van der Waals surface area contributed by atoms with Gasteiger partial charge in [-0.15, -0.1) is 13.2 Å². The maximum atomic E-state index is 13.2. The van der Waals surface area contributed by atoms with Crippen molar-refractivity contribution in [1.29, 1.82) is 0 Å². The SMILES string of the molecule is C=CCN(CC=C)c1ccc(F)cc1[C@H](C)N. The first kappa shape index (κ1) is 13.5. The van der Waals surface area contributed by atoms with E-state index in [1.165, 1.54) is 12.1 Å². The highest BCUT2D eigenvalue weighted by molar-refractivity contribution is 5.56. The van der Waals surface area contributed by atoms with Gasteiger partial charge in [0.15, 0.2) is 0 Å². The van der Waals surface area contributed by atoms with Gasteiger partial charge in [-0.25, -0.2) is 4.39 Å². The molecule has 1 atom stereocenters. The van der Waals surface area contributed by atoms with Crippen molar-refractivity contribution in [2.75, 3.05) is 18.0 Å². The normalized spacial score (nSPS) is 11.9. The minimum atomic E-state index is -0.266. The second-order valence-corrected chi connectivity index (χ2v) is 3.97. The molecule has 0 spiro atoms. The van der Waals surface area contributed by atoms with Crippen LogP contribution in [0.5, 0.6) is 0 Å². The van der Waals surface area contributed by atoms with Gasteiger partial charge >= 0.3 is 0 Å². The van der Waals surface area contributed by atoms with E-state index in [-0.39, 0.29) is 11.9 Å². The van der Waals surface area contributed by atoms with Crippen LogP contribution in [0.25, 0.3) is 0 Å². The number of anilines is 1. The molecule has 0 aliphatic carbocycles. The van der Waals surface area contributed by atoms with E-state index in [1.54, 1.807) is 18.2 Å². The molecule has 3 heteroatoms. The van der Waals surface area contributed by atoms with Crippen molar-refractivity contribution in [3.63, 3.8) is 0 Å². The summed E-state index contributed by atoms with van der Waals surface area (Å²) in [6, 6.07) is 4.47. The van der Waals surface area contributed by atoms with Gasteiger partial charge in [0.25, 0.3) is 0 Å². The Hall–Kier alpha value is -1.61. The van der Waals surface area contributed by atoms with Crippen LogP contribution in [0.2, 0.25) is 0 Å². The minimum absolute atomic E-state index is 0.210. The fourth-order valence-electron chi connectivity index (χ4n) is 1.76. The van der Waals surface area contributed by atoms with Crippen molar-refractivity contribution in [1.82, 2.24) is 0 Å². The predicted octanol–water partition coefficient (Wildman–Crippen LogP) is 3.02. The van der Waals surface area contributed by atoms with Crippen molar-refractivity contribution >= 4 is 5.69 Å². The lowest BCUT2D eigenvalue weighted by molar-refractivity contribution is 0.622. The van der Waals surface area contributed by atoms with Crippen molar-refractivity contribution in [3.8, 4) is 0 Å². The fourth-order valence-corrected chi connectivity index (χ4v) is 1.76. The second kappa shape index (κ2) is 6.21. The summed E-state index contributed by atoms with van der Waals surface area (Å²) in [5.74, 6) is -0.266. The molecule has 1 aromatic carbocycles. The van der Waals surface area contributed by atoms with Crippen LogP contribution in [0.3, 0.4) is 0 Å². The zero-order valence-electron chi connectivity index (χ0n) is 10.2. The van der Waals surface area contributed by atoms with Crippen LogP contribution < -0.4 is 10.6 Å². The van der Waals surface area contributed by atoms with Gasteiger partial charge in [-0.05, 0) is 30.7 Å². The van der Waals surface area contributed by atoms with Gasteiger partial charge in [0.05, 0.1) is 0 Å². The van der Waals surface area contributed by atoms with Gasteiger partial charge in [0.1, 0.15) is 5.82 Å². The highest BCUT2D eigenvalue weighted by Gasteiger charge is 2.12. The summed E-state index contributed by atoms with van der Waals surface area (Å²) in [6.07, 6.45) is 3.61. The number of nitrogens with two attached hydrogens (primary N) is 1. The van der Waals surface area contributed by atoms with Gasteiger partial charge in [-0.2, -0.15) is 0 Å². The van der Waals surface area contributed by atoms with Crippen LogP contribution in [0.15, 0.2) is 43.5 Å². The lowest BCUT2D eigenvalue weighted by Gasteiger charge is -2.26. The van der Waals surface area contributed by atoms with E-state index >= 15 is 0 Å². The Kier molecular flexibility index (Phi) is 4.91. The van der Waals surface area contributed by atoms with E-state index in [1.807, 2.05) is 6.92 Å². The number of nitrogens with zero attached hydrogens (tertiary/aromatic N) is 1. The van der Waals surface area contributed by atoms with E-state index in [0.29, 0.717) is 13.1 Å². The molecule has 0 bridgehead atoms. The predicted molar refractivity (Wildman–Crippen MR) is 71.6 cm³/mol. The van der Waals surface area contributed by atoms with Crippen molar-refractivity contribution < 1.29 is 4.39 Å². The number of hydrogen-bond acceptors (Lipinski definition) is 2. The second-order valence-electron chi connectivity index (χ2n) is 3.97. The Morgan fingerprint density at radius 3 is 2.41 bits per heavy atom. The molecule has 0 fully saturated rings. The standard InChI is InChI=1S/C14H19FN2/c1-4-8-17(9-5-2)14-7-6-12(15)10-13(14)11(3)16/h4-7,10-11H,1-2,8-9,16H2,3H3/t11-/m0/s1. The van der Waals surface area contributed by atoms with Gasteiger partial charge in [0, 0.05) is 24.8 Å². The smallest absolute Gasteiger partial charge is 0.123 e. The maximum Gasteiger partial charge on any atom is 0.123 e. The van der Waals surface area contributed by atoms with Gasteiger partial charge in [-0.3, -0.25) is 0 Å². The monoisotopic (exact) mass is 234 g/mol.